The number of nitrogens with one attached hydrogen (secondary N) is 2. The summed E-state index contributed by atoms with van der Waals surface area (Å²) in [5.41, 5.74) is 6.86. The molecule has 4 rings (SSSR count). The molecule has 0 radical (unpaired) electrons. The van der Waals surface area contributed by atoms with Crippen molar-refractivity contribution in [3.05, 3.63) is 109 Å². The number of methoxy groups -OCH3 is 3. The highest BCUT2D eigenvalue weighted by Gasteiger charge is 2.24. The number of rotatable bonds is 12. The van der Waals surface area contributed by atoms with Crippen LogP contribution in [-0.4, -0.2) is 63.4 Å². The van der Waals surface area contributed by atoms with Crippen molar-refractivity contribution < 1.29 is 19.0 Å². The Bertz CT molecular complexity index is 1480. The summed E-state index contributed by atoms with van der Waals surface area (Å²) in [6.45, 7) is 14.0. The van der Waals surface area contributed by atoms with E-state index in [0.29, 0.717) is 18.2 Å². The average Bonchev–Trinajstić information content (AvgIpc) is 3.13. The third-order valence-corrected chi connectivity index (χ3v) is 10.4. The molecule has 0 bridgehead atoms. The summed E-state index contributed by atoms with van der Waals surface area (Å²) in [7, 11) is 6.17. The lowest BCUT2D eigenvalue weighted by Crippen LogP contribution is -2.52. The van der Waals surface area contributed by atoms with E-state index in [4.69, 9.17) is 32.2 Å². The summed E-state index contributed by atoms with van der Waals surface area (Å²) < 4.78 is 15.9. The Labute approximate surface area is 319 Å². The van der Waals surface area contributed by atoms with Crippen molar-refractivity contribution in [3.8, 4) is 17.2 Å². The summed E-state index contributed by atoms with van der Waals surface area (Å²) in [5.74, 6) is 3.41. The van der Waals surface area contributed by atoms with E-state index in [1.807, 2.05) is 66.7 Å². The molecule has 0 saturated heterocycles. The van der Waals surface area contributed by atoms with Crippen LogP contribution in [0.3, 0.4) is 0 Å². The summed E-state index contributed by atoms with van der Waals surface area (Å²) in [4.78, 5) is 13.8. The SMILES string of the molecule is CC(C)C.CN(Cc1ccccc1)C(=O)CNC(=S)NC(CN)C(C)(C)C.COc1ccc(P(c2ccc(OC)cc2)c2ccc(OC)cc2)cc1. The lowest BCUT2D eigenvalue weighted by molar-refractivity contribution is -0.129. The van der Waals surface area contributed by atoms with E-state index in [9.17, 15) is 4.79 Å². The molecule has 8 nitrogen and oxygen atoms in total. The van der Waals surface area contributed by atoms with Gasteiger partial charge in [-0.3, -0.25) is 4.79 Å². The van der Waals surface area contributed by atoms with Gasteiger partial charge in [0, 0.05) is 26.2 Å². The Hall–Kier alpha value is -4.17. The third kappa shape index (κ3) is 15.6. The van der Waals surface area contributed by atoms with Crippen LogP contribution in [-0.2, 0) is 11.3 Å². The quantitative estimate of drug-likeness (QED) is 0.110. The van der Waals surface area contributed by atoms with E-state index in [0.717, 1.165) is 28.7 Å². The Balaban J connectivity index is 0.000000328. The lowest BCUT2D eigenvalue weighted by Gasteiger charge is -2.31. The molecule has 0 saturated carbocycles. The number of carbonyl (C=O) groups is 1. The molecular weight excluding hydrogens is 688 g/mol. The maximum Gasteiger partial charge on any atom is 0.241 e. The number of nitrogens with zero attached hydrogens (tertiary/aromatic N) is 1. The number of nitrogens with two attached hydrogens (primary N) is 1. The zero-order valence-electron chi connectivity index (χ0n) is 32.6. The van der Waals surface area contributed by atoms with Gasteiger partial charge in [0.05, 0.1) is 27.9 Å². The Kier molecular flexibility index (Phi) is 19.2. The van der Waals surface area contributed by atoms with Gasteiger partial charge in [0.2, 0.25) is 5.91 Å². The molecule has 1 atom stereocenters. The fourth-order valence-corrected chi connectivity index (χ4v) is 7.17. The molecule has 0 fully saturated rings. The molecule has 0 aliphatic carbocycles. The highest BCUT2D eigenvalue weighted by molar-refractivity contribution is 7.80. The first-order chi connectivity index (χ1) is 24.7. The topological polar surface area (TPSA) is 98.1 Å². The standard InChI is InChI=1S/C21H21O3P.C17H28N4OS.C4H10/c1-22-16-4-10-19(11-5-16)25(20-12-6-17(23-2)7-13-20)21-14-8-18(24-3)9-15-21;1-17(2,3)14(10-18)20-16(23)19-11-15(22)21(4)12-13-8-6-5-7-9-13;1-4(2)3/h4-15H,1-3H3;5-9,14H,10-12,18H2,1-4H3,(H2,19,20,23);4H,1-3H3. The number of carbonyl (C=O) groups excluding carboxylic acids is 1. The Morgan fingerprint density at radius 2 is 1.13 bits per heavy atom. The molecule has 0 aliphatic rings. The average molecular weight is 747 g/mol. The second-order valence-electron chi connectivity index (χ2n) is 13.9. The lowest BCUT2D eigenvalue weighted by atomic mass is 9.87. The zero-order chi connectivity index (χ0) is 38.7. The predicted molar refractivity (Wildman–Crippen MR) is 224 cm³/mol. The van der Waals surface area contributed by atoms with Crippen LogP contribution in [0.2, 0.25) is 0 Å². The van der Waals surface area contributed by atoms with Crippen LogP contribution in [0.1, 0.15) is 47.1 Å². The first-order valence-electron chi connectivity index (χ1n) is 17.5. The molecule has 0 aromatic heterocycles. The van der Waals surface area contributed by atoms with Gasteiger partial charge in [-0.25, -0.2) is 0 Å². The van der Waals surface area contributed by atoms with E-state index in [-0.39, 0.29) is 23.9 Å². The highest BCUT2D eigenvalue weighted by atomic mass is 32.1. The van der Waals surface area contributed by atoms with Gasteiger partial charge in [-0.05, 0) is 89.3 Å². The van der Waals surface area contributed by atoms with Crippen molar-refractivity contribution >= 4 is 47.1 Å². The van der Waals surface area contributed by atoms with Crippen molar-refractivity contribution in [3.63, 3.8) is 0 Å². The molecule has 4 aromatic carbocycles. The maximum atomic E-state index is 12.2. The van der Waals surface area contributed by atoms with Crippen molar-refractivity contribution in [1.82, 2.24) is 15.5 Å². The summed E-state index contributed by atoms with van der Waals surface area (Å²) in [6.07, 6.45) is 0. The number of hydrogen-bond donors (Lipinski definition) is 3. The molecule has 1 amide bonds. The summed E-state index contributed by atoms with van der Waals surface area (Å²) in [5, 5.41) is 10.4. The fourth-order valence-electron chi connectivity index (χ4n) is 4.72. The molecular formula is C42H59N4O4PS. The summed E-state index contributed by atoms with van der Waals surface area (Å²) in [6, 6.07) is 34.8. The van der Waals surface area contributed by atoms with E-state index in [2.05, 4.69) is 88.6 Å². The van der Waals surface area contributed by atoms with Crippen LogP contribution in [0.4, 0.5) is 0 Å². The van der Waals surface area contributed by atoms with Gasteiger partial charge in [-0.15, -0.1) is 0 Å². The van der Waals surface area contributed by atoms with Crippen LogP contribution in [0.5, 0.6) is 17.2 Å². The van der Waals surface area contributed by atoms with Gasteiger partial charge in [-0.1, -0.05) is 108 Å². The molecule has 52 heavy (non-hydrogen) atoms. The minimum absolute atomic E-state index is 0.00536. The van der Waals surface area contributed by atoms with Gasteiger partial charge < -0.3 is 35.5 Å². The third-order valence-electron chi connectivity index (χ3n) is 7.67. The molecule has 4 aromatic rings. The molecule has 0 heterocycles. The number of ether oxygens (including phenoxy) is 3. The van der Waals surface area contributed by atoms with Gasteiger partial charge in [0.25, 0.3) is 0 Å². The minimum Gasteiger partial charge on any atom is -0.497 e. The van der Waals surface area contributed by atoms with E-state index in [1.165, 1.54) is 15.9 Å². The van der Waals surface area contributed by atoms with Gasteiger partial charge in [0.1, 0.15) is 17.2 Å². The molecule has 0 aliphatic heterocycles. The van der Waals surface area contributed by atoms with Crippen LogP contribution in [0, 0.1) is 11.3 Å². The van der Waals surface area contributed by atoms with Gasteiger partial charge in [0.15, 0.2) is 5.11 Å². The second-order valence-corrected chi connectivity index (χ2v) is 16.5. The second kappa shape index (κ2) is 22.7. The number of hydrogen-bond acceptors (Lipinski definition) is 6. The number of amides is 1. The molecule has 4 N–H and O–H groups in total. The fraction of sp³-hybridized carbons (Fsp3) is 0.381. The largest absolute Gasteiger partial charge is 0.497 e. The highest BCUT2D eigenvalue weighted by Crippen LogP contribution is 2.34. The predicted octanol–water partition coefficient (Wildman–Crippen LogP) is 6.62. The Morgan fingerprint density at radius 3 is 1.46 bits per heavy atom. The van der Waals surface area contributed by atoms with Gasteiger partial charge >= 0.3 is 0 Å². The Morgan fingerprint density at radius 1 is 0.750 bits per heavy atom. The molecule has 0 spiro atoms. The minimum atomic E-state index is -0.665. The van der Waals surface area contributed by atoms with Crippen LogP contribution in [0.25, 0.3) is 0 Å². The first-order valence-corrected chi connectivity index (χ1v) is 19.2. The first kappa shape index (κ1) is 44.0. The monoisotopic (exact) mass is 746 g/mol. The van der Waals surface area contributed by atoms with E-state index < -0.39 is 7.92 Å². The summed E-state index contributed by atoms with van der Waals surface area (Å²) >= 11 is 5.25. The normalized spacial score (nSPS) is 11.2. The number of thiocarbonyl (C=S) groups is 1. The van der Waals surface area contributed by atoms with Crippen LogP contribution < -0.4 is 46.5 Å². The molecule has 10 heteroatoms. The number of benzene rings is 4. The van der Waals surface area contributed by atoms with Crippen molar-refractivity contribution in [2.24, 2.45) is 17.1 Å². The zero-order valence-corrected chi connectivity index (χ0v) is 34.3. The van der Waals surface area contributed by atoms with Gasteiger partial charge in [-0.2, -0.15) is 0 Å². The van der Waals surface area contributed by atoms with E-state index >= 15 is 0 Å². The number of likely N-dealkylation sites (N-methyl/N-ethyl adjacent to an activating group) is 1. The van der Waals surface area contributed by atoms with Crippen molar-refractivity contribution in [2.75, 3.05) is 41.5 Å². The molecule has 282 valence electrons. The van der Waals surface area contributed by atoms with Crippen LogP contribution >= 0.6 is 20.1 Å². The van der Waals surface area contributed by atoms with E-state index in [1.54, 1.807) is 33.3 Å². The van der Waals surface area contributed by atoms with Crippen molar-refractivity contribution in [1.29, 1.82) is 0 Å². The molecule has 1 unspecified atom stereocenters. The smallest absolute Gasteiger partial charge is 0.241 e. The van der Waals surface area contributed by atoms with Crippen LogP contribution in [0.15, 0.2) is 103 Å². The maximum absolute atomic E-state index is 12.2. The van der Waals surface area contributed by atoms with Crippen molar-refractivity contribution in [2.45, 2.75) is 54.1 Å².